The second-order valence-electron chi connectivity index (χ2n) is 7.17. The first-order chi connectivity index (χ1) is 14.7. The summed E-state index contributed by atoms with van der Waals surface area (Å²) < 4.78 is 6.89. The number of thiazole rings is 1. The van der Waals surface area contributed by atoms with Crippen molar-refractivity contribution in [2.24, 2.45) is 0 Å². The zero-order chi connectivity index (χ0) is 20.5. The van der Waals surface area contributed by atoms with Gasteiger partial charge in [-0.15, -0.1) is 34.0 Å². The molecule has 0 unspecified atom stereocenters. The number of carbonyl (C=O) groups excluding carboxylic acids is 1. The van der Waals surface area contributed by atoms with Crippen LogP contribution >= 0.6 is 34.0 Å². The number of rotatable bonds is 6. The number of nitrogens with zero attached hydrogens (tertiary/aromatic N) is 3. The fourth-order valence-electron chi connectivity index (χ4n) is 3.67. The molecular formula is C21H19N3O3S3. The van der Waals surface area contributed by atoms with E-state index in [0.717, 1.165) is 45.1 Å². The van der Waals surface area contributed by atoms with Crippen LogP contribution < -0.4 is 5.56 Å². The molecule has 4 aromatic heterocycles. The molecule has 0 N–H and O–H groups in total. The first-order valence-electron chi connectivity index (χ1n) is 9.82. The first kappa shape index (κ1) is 19.6. The first-order valence-corrected chi connectivity index (χ1v) is 12.4. The highest BCUT2D eigenvalue weighted by atomic mass is 32.1. The van der Waals surface area contributed by atoms with Crippen molar-refractivity contribution in [1.29, 1.82) is 0 Å². The Morgan fingerprint density at radius 1 is 1.23 bits per heavy atom. The molecule has 4 heterocycles. The SMILES string of the molecule is O=C(CCn1cnc2sc3c(c2c1=O)CCCC3)OCc1csc(-c2cccs2)n1. The lowest BCUT2D eigenvalue weighted by atomic mass is 9.97. The maximum absolute atomic E-state index is 12.9. The van der Waals surface area contributed by atoms with Crippen LogP contribution in [0, 0.1) is 0 Å². The Morgan fingerprint density at radius 3 is 3.00 bits per heavy atom. The highest BCUT2D eigenvalue weighted by Crippen LogP contribution is 2.33. The van der Waals surface area contributed by atoms with Crippen molar-refractivity contribution >= 4 is 50.2 Å². The van der Waals surface area contributed by atoms with Crippen molar-refractivity contribution in [3.63, 3.8) is 0 Å². The van der Waals surface area contributed by atoms with Crippen LogP contribution in [0.1, 0.15) is 35.4 Å². The van der Waals surface area contributed by atoms with E-state index in [-0.39, 0.29) is 31.1 Å². The number of carbonyl (C=O) groups is 1. The van der Waals surface area contributed by atoms with Crippen molar-refractivity contribution in [3.8, 4) is 9.88 Å². The van der Waals surface area contributed by atoms with Crippen LogP contribution in [0.5, 0.6) is 0 Å². The molecule has 0 aromatic carbocycles. The van der Waals surface area contributed by atoms with E-state index in [9.17, 15) is 9.59 Å². The minimum absolute atomic E-state index is 0.0488. The van der Waals surface area contributed by atoms with Gasteiger partial charge in [0.15, 0.2) is 0 Å². The maximum Gasteiger partial charge on any atom is 0.307 e. The number of aryl methyl sites for hydroxylation is 3. The molecule has 0 amide bonds. The molecule has 5 rings (SSSR count). The van der Waals surface area contributed by atoms with Crippen molar-refractivity contribution < 1.29 is 9.53 Å². The molecular weight excluding hydrogens is 438 g/mol. The standard InChI is InChI=1S/C21H19N3O3S3/c25-17(27-10-13-11-29-19(23-13)16-6-3-9-28-16)7-8-24-12-22-20-18(21(24)26)14-4-1-2-5-15(14)30-20/h3,6,9,11-12H,1-2,4-5,7-8,10H2. The van der Waals surface area contributed by atoms with Crippen molar-refractivity contribution in [3.05, 3.63) is 55.7 Å². The summed E-state index contributed by atoms with van der Waals surface area (Å²) in [6, 6.07) is 4.01. The number of thiophene rings is 2. The van der Waals surface area contributed by atoms with Gasteiger partial charge >= 0.3 is 5.97 Å². The van der Waals surface area contributed by atoms with Crippen molar-refractivity contribution in [2.45, 2.75) is 45.3 Å². The molecule has 6 nitrogen and oxygen atoms in total. The van der Waals surface area contributed by atoms with E-state index >= 15 is 0 Å². The third-order valence-electron chi connectivity index (χ3n) is 5.16. The van der Waals surface area contributed by atoms with E-state index in [1.165, 1.54) is 32.8 Å². The van der Waals surface area contributed by atoms with Crippen LogP contribution in [0.2, 0.25) is 0 Å². The molecule has 0 aliphatic heterocycles. The molecule has 0 bridgehead atoms. The molecule has 30 heavy (non-hydrogen) atoms. The summed E-state index contributed by atoms with van der Waals surface area (Å²) in [5, 5.41) is 5.59. The summed E-state index contributed by atoms with van der Waals surface area (Å²) in [5.74, 6) is -0.347. The van der Waals surface area contributed by atoms with E-state index in [1.807, 2.05) is 22.9 Å². The molecule has 1 aliphatic rings. The van der Waals surface area contributed by atoms with E-state index in [1.54, 1.807) is 29.0 Å². The van der Waals surface area contributed by atoms with E-state index in [0.29, 0.717) is 0 Å². The Kier molecular flexibility index (Phi) is 5.49. The Morgan fingerprint density at radius 2 is 2.13 bits per heavy atom. The van der Waals surface area contributed by atoms with Crippen molar-refractivity contribution in [1.82, 2.24) is 14.5 Å². The number of esters is 1. The van der Waals surface area contributed by atoms with Crippen LogP contribution in [-0.4, -0.2) is 20.5 Å². The van der Waals surface area contributed by atoms with Gasteiger partial charge in [0.25, 0.3) is 5.56 Å². The van der Waals surface area contributed by atoms with Gasteiger partial charge in [-0.2, -0.15) is 0 Å². The monoisotopic (exact) mass is 457 g/mol. The van der Waals surface area contributed by atoms with Gasteiger partial charge < -0.3 is 4.74 Å². The van der Waals surface area contributed by atoms with Gasteiger partial charge in [0.1, 0.15) is 16.4 Å². The molecule has 9 heteroatoms. The zero-order valence-corrected chi connectivity index (χ0v) is 18.6. The Bertz CT molecular complexity index is 1250. The summed E-state index contributed by atoms with van der Waals surface area (Å²) >= 11 is 4.81. The van der Waals surface area contributed by atoms with Crippen LogP contribution in [0.15, 0.2) is 34.0 Å². The zero-order valence-electron chi connectivity index (χ0n) is 16.1. The Balaban J connectivity index is 1.22. The highest BCUT2D eigenvalue weighted by molar-refractivity contribution is 7.20. The molecule has 0 fully saturated rings. The average molecular weight is 458 g/mol. The van der Waals surface area contributed by atoms with Gasteiger partial charge in [0.05, 0.1) is 28.7 Å². The Hall–Kier alpha value is -2.36. The molecule has 0 atom stereocenters. The molecule has 1 aliphatic carbocycles. The maximum atomic E-state index is 12.9. The third kappa shape index (κ3) is 3.84. The second-order valence-corrected chi connectivity index (χ2v) is 10.1. The summed E-state index contributed by atoms with van der Waals surface area (Å²) in [6.45, 7) is 0.410. The fraction of sp³-hybridized carbons (Fsp3) is 0.333. The van der Waals surface area contributed by atoms with Gasteiger partial charge in [-0.3, -0.25) is 14.2 Å². The van der Waals surface area contributed by atoms with Gasteiger partial charge in [0.2, 0.25) is 0 Å². The lowest BCUT2D eigenvalue weighted by molar-refractivity contribution is -0.145. The largest absolute Gasteiger partial charge is 0.459 e. The van der Waals surface area contributed by atoms with Crippen LogP contribution in [-0.2, 0) is 35.5 Å². The summed E-state index contributed by atoms with van der Waals surface area (Å²) in [6.07, 6.45) is 5.94. The van der Waals surface area contributed by atoms with Crippen LogP contribution in [0.4, 0.5) is 0 Å². The van der Waals surface area contributed by atoms with E-state index in [4.69, 9.17) is 4.74 Å². The molecule has 0 saturated carbocycles. The number of hydrogen-bond donors (Lipinski definition) is 0. The smallest absolute Gasteiger partial charge is 0.307 e. The lowest BCUT2D eigenvalue weighted by Crippen LogP contribution is -2.23. The quantitative estimate of drug-likeness (QED) is 0.394. The molecule has 0 saturated heterocycles. The molecule has 4 aromatic rings. The van der Waals surface area contributed by atoms with E-state index < -0.39 is 0 Å². The topological polar surface area (TPSA) is 74.1 Å². The van der Waals surface area contributed by atoms with Gasteiger partial charge in [-0.25, -0.2) is 9.97 Å². The number of fused-ring (bicyclic) bond motifs is 3. The van der Waals surface area contributed by atoms with Crippen LogP contribution in [0.3, 0.4) is 0 Å². The van der Waals surface area contributed by atoms with Crippen molar-refractivity contribution in [2.75, 3.05) is 0 Å². The number of ether oxygens (including phenoxy) is 1. The molecule has 0 spiro atoms. The predicted octanol–water partition coefficient (Wildman–Crippen LogP) is 4.66. The normalized spacial score (nSPS) is 13.5. The summed E-state index contributed by atoms with van der Waals surface area (Å²) in [7, 11) is 0. The minimum Gasteiger partial charge on any atom is -0.459 e. The second kappa shape index (κ2) is 8.41. The third-order valence-corrected chi connectivity index (χ3v) is 8.29. The number of aromatic nitrogens is 3. The summed E-state index contributed by atoms with van der Waals surface area (Å²) in [5.41, 5.74) is 1.86. The average Bonchev–Trinajstić information content (AvgIpc) is 3.50. The minimum atomic E-state index is -0.347. The predicted molar refractivity (Wildman–Crippen MR) is 120 cm³/mol. The molecule has 0 radical (unpaired) electrons. The van der Waals surface area contributed by atoms with Crippen LogP contribution in [0.25, 0.3) is 20.1 Å². The summed E-state index contributed by atoms with van der Waals surface area (Å²) in [4.78, 5) is 37.3. The van der Waals surface area contributed by atoms with E-state index in [2.05, 4.69) is 9.97 Å². The van der Waals surface area contributed by atoms with Gasteiger partial charge in [-0.05, 0) is 42.7 Å². The van der Waals surface area contributed by atoms with Gasteiger partial charge in [0, 0.05) is 16.8 Å². The lowest BCUT2D eigenvalue weighted by Gasteiger charge is -2.10. The highest BCUT2D eigenvalue weighted by Gasteiger charge is 2.20. The van der Waals surface area contributed by atoms with Gasteiger partial charge in [-0.1, -0.05) is 6.07 Å². The Labute approximate surface area is 184 Å². The fourth-order valence-corrected chi connectivity index (χ4v) is 6.50. The molecule has 154 valence electrons. The number of hydrogen-bond acceptors (Lipinski definition) is 8.